The summed E-state index contributed by atoms with van der Waals surface area (Å²) in [6, 6.07) is 7.58. The Kier molecular flexibility index (Phi) is 5.35. The van der Waals surface area contributed by atoms with Crippen molar-refractivity contribution in [1.29, 1.82) is 0 Å². The lowest BCUT2D eigenvalue weighted by molar-refractivity contribution is -0.140. The van der Waals surface area contributed by atoms with Gasteiger partial charge in [0.05, 0.1) is 17.9 Å². The number of hydrogen-bond acceptors (Lipinski definition) is 6. The van der Waals surface area contributed by atoms with Gasteiger partial charge >= 0.3 is 5.97 Å². The number of hydrogen-bond donors (Lipinski definition) is 0. The fourth-order valence-corrected chi connectivity index (χ4v) is 5.13. The molecule has 1 aliphatic heterocycles. The van der Waals surface area contributed by atoms with E-state index in [0.29, 0.717) is 16.6 Å². The van der Waals surface area contributed by atoms with Crippen molar-refractivity contribution in [2.24, 2.45) is 4.99 Å². The Morgan fingerprint density at radius 2 is 1.90 bits per heavy atom. The SMILES string of the molecule is C=C(C)OC(=O)C[C@]1(C)N=C(c2ccc(Cl)cc2)c2c(sc(C)c2C)-n2c(C)nnc21. The number of esters is 1. The third-order valence-electron chi connectivity index (χ3n) is 5.37. The number of ether oxygens (including phenoxy) is 1. The van der Waals surface area contributed by atoms with Gasteiger partial charge in [-0.1, -0.05) is 30.3 Å². The quantitative estimate of drug-likeness (QED) is 0.388. The molecular weight excluding hydrogens is 432 g/mol. The van der Waals surface area contributed by atoms with Crippen LogP contribution in [0.1, 0.15) is 53.5 Å². The third-order valence-corrected chi connectivity index (χ3v) is 6.81. The van der Waals surface area contributed by atoms with Crippen LogP contribution >= 0.6 is 22.9 Å². The Bertz CT molecular complexity index is 1240. The number of allylic oxidation sites excluding steroid dienone is 1. The van der Waals surface area contributed by atoms with Gasteiger partial charge in [-0.05, 0) is 52.3 Å². The molecule has 0 bridgehead atoms. The van der Waals surface area contributed by atoms with E-state index < -0.39 is 11.5 Å². The fraction of sp³-hybridized carbons (Fsp3) is 0.304. The molecule has 160 valence electrons. The zero-order valence-corrected chi connectivity index (χ0v) is 19.7. The van der Waals surface area contributed by atoms with Crippen molar-refractivity contribution in [2.75, 3.05) is 0 Å². The first-order valence-electron chi connectivity index (χ1n) is 9.86. The van der Waals surface area contributed by atoms with E-state index >= 15 is 0 Å². The number of aromatic nitrogens is 3. The van der Waals surface area contributed by atoms with Crippen LogP contribution in [0.15, 0.2) is 41.6 Å². The molecule has 3 heterocycles. The Morgan fingerprint density at radius 1 is 1.23 bits per heavy atom. The van der Waals surface area contributed by atoms with Gasteiger partial charge < -0.3 is 4.74 Å². The number of thiophene rings is 1. The molecule has 8 heteroatoms. The minimum atomic E-state index is -0.984. The third kappa shape index (κ3) is 3.72. The number of fused-ring (bicyclic) bond motifs is 3. The van der Waals surface area contributed by atoms with E-state index in [1.54, 1.807) is 18.3 Å². The lowest BCUT2D eigenvalue weighted by Crippen LogP contribution is -2.28. The van der Waals surface area contributed by atoms with Gasteiger partial charge in [0.15, 0.2) is 5.82 Å². The molecule has 0 saturated carbocycles. The molecule has 1 aliphatic rings. The van der Waals surface area contributed by atoms with Gasteiger partial charge in [-0.15, -0.1) is 21.5 Å². The molecule has 3 aromatic rings. The molecule has 0 saturated heterocycles. The molecule has 31 heavy (non-hydrogen) atoms. The minimum absolute atomic E-state index is 0.00204. The zero-order chi connectivity index (χ0) is 22.5. The molecule has 6 nitrogen and oxygen atoms in total. The van der Waals surface area contributed by atoms with Crippen LogP contribution in [0.3, 0.4) is 0 Å². The molecule has 0 aliphatic carbocycles. The van der Waals surface area contributed by atoms with Crippen molar-refractivity contribution in [3.63, 3.8) is 0 Å². The van der Waals surface area contributed by atoms with Crippen molar-refractivity contribution in [2.45, 2.75) is 46.6 Å². The first-order chi connectivity index (χ1) is 14.6. The van der Waals surface area contributed by atoms with Crippen LogP contribution in [0.5, 0.6) is 0 Å². The zero-order valence-electron chi connectivity index (χ0n) is 18.1. The Hall–Kier alpha value is -2.77. The smallest absolute Gasteiger partial charge is 0.313 e. The first kappa shape index (κ1) is 21.5. The van der Waals surface area contributed by atoms with Gasteiger partial charge in [0.25, 0.3) is 0 Å². The molecular formula is C23H23ClN4O2S. The van der Waals surface area contributed by atoms with Crippen LogP contribution in [0.4, 0.5) is 0 Å². The van der Waals surface area contributed by atoms with Crippen LogP contribution in [-0.4, -0.2) is 26.4 Å². The normalized spacial score (nSPS) is 17.4. The van der Waals surface area contributed by atoms with Gasteiger partial charge in [0.2, 0.25) is 0 Å². The average Bonchev–Trinajstić information content (AvgIpc) is 3.17. The maximum absolute atomic E-state index is 12.7. The number of carbonyl (C=O) groups is 1. The predicted octanol–water partition coefficient (Wildman–Crippen LogP) is 5.44. The molecule has 0 radical (unpaired) electrons. The number of aryl methyl sites for hydroxylation is 2. The number of benzene rings is 1. The van der Waals surface area contributed by atoms with Crippen LogP contribution in [0, 0.1) is 20.8 Å². The van der Waals surface area contributed by atoms with Crippen LogP contribution in [0.25, 0.3) is 5.00 Å². The van der Waals surface area contributed by atoms with Crippen molar-refractivity contribution < 1.29 is 9.53 Å². The van der Waals surface area contributed by atoms with Crippen molar-refractivity contribution in [3.8, 4) is 5.00 Å². The van der Waals surface area contributed by atoms with E-state index in [1.165, 1.54) is 4.88 Å². The maximum atomic E-state index is 12.7. The highest BCUT2D eigenvalue weighted by molar-refractivity contribution is 7.15. The molecule has 4 rings (SSSR count). The van der Waals surface area contributed by atoms with Crippen LogP contribution < -0.4 is 0 Å². The Labute approximate surface area is 190 Å². The maximum Gasteiger partial charge on any atom is 0.313 e. The molecule has 0 unspecified atom stereocenters. The van der Waals surface area contributed by atoms with Crippen molar-refractivity contribution in [1.82, 2.24) is 14.8 Å². The van der Waals surface area contributed by atoms with Gasteiger partial charge in [-0.2, -0.15) is 0 Å². The van der Waals surface area contributed by atoms with Gasteiger partial charge in [0, 0.05) is 21.0 Å². The molecule has 2 aromatic heterocycles. The average molecular weight is 455 g/mol. The molecule has 0 amide bonds. The van der Waals surface area contributed by atoms with E-state index in [9.17, 15) is 4.79 Å². The minimum Gasteiger partial charge on any atom is -0.432 e. The van der Waals surface area contributed by atoms with Gasteiger partial charge in [-0.25, -0.2) is 0 Å². The van der Waals surface area contributed by atoms with Crippen molar-refractivity contribution in [3.05, 3.63) is 74.8 Å². The second kappa shape index (κ2) is 7.73. The summed E-state index contributed by atoms with van der Waals surface area (Å²) in [5, 5.41) is 10.4. The summed E-state index contributed by atoms with van der Waals surface area (Å²) in [7, 11) is 0. The topological polar surface area (TPSA) is 69.4 Å². The van der Waals surface area contributed by atoms with Crippen LogP contribution in [-0.2, 0) is 15.1 Å². The molecule has 1 atom stereocenters. The number of aliphatic imine (C=N–C) groups is 1. The summed E-state index contributed by atoms with van der Waals surface area (Å²) in [5.74, 6) is 1.27. The number of carbonyl (C=O) groups excluding carboxylic acids is 1. The monoisotopic (exact) mass is 454 g/mol. The highest BCUT2D eigenvalue weighted by atomic mass is 35.5. The number of halogens is 1. The lowest BCUT2D eigenvalue weighted by Gasteiger charge is -2.23. The lowest BCUT2D eigenvalue weighted by atomic mass is 9.95. The van der Waals surface area contributed by atoms with Crippen molar-refractivity contribution >= 4 is 34.6 Å². The molecule has 0 spiro atoms. The highest BCUT2D eigenvalue weighted by Crippen LogP contribution is 2.42. The molecule has 1 aromatic carbocycles. The van der Waals surface area contributed by atoms with E-state index in [0.717, 1.165) is 33.2 Å². The standard InChI is InChI=1S/C23H23ClN4O2S/c1-12(2)30-18(29)11-23(6)22-27-26-15(5)28(22)21-19(13(3)14(4)31-21)20(25-23)16-7-9-17(24)10-8-16/h7-10H,1,11H2,2-6H3/t23-/m0/s1. The second-order valence-corrected chi connectivity index (χ2v) is 9.60. The predicted molar refractivity (Wildman–Crippen MR) is 123 cm³/mol. The highest BCUT2D eigenvalue weighted by Gasteiger charge is 2.41. The fourth-order valence-electron chi connectivity index (χ4n) is 3.80. The summed E-state index contributed by atoms with van der Waals surface area (Å²) in [6.45, 7) is 13.3. The number of rotatable bonds is 4. The summed E-state index contributed by atoms with van der Waals surface area (Å²) in [5.41, 5.74) is 2.89. The summed E-state index contributed by atoms with van der Waals surface area (Å²) < 4.78 is 7.28. The Morgan fingerprint density at radius 3 is 2.55 bits per heavy atom. The number of nitrogens with zero attached hydrogens (tertiary/aromatic N) is 4. The van der Waals surface area contributed by atoms with E-state index in [-0.39, 0.29) is 6.42 Å². The van der Waals surface area contributed by atoms with Crippen LogP contribution in [0.2, 0.25) is 5.02 Å². The molecule has 0 N–H and O–H groups in total. The molecule has 0 fully saturated rings. The van der Waals surface area contributed by atoms with Gasteiger partial charge in [-0.3, -0.25) is 14.4 Å². The van der Waals surface area contributed by atoms with E-state index in [1.807, 2.05) is 42.7 Å². The van der Waals surface area contributed by atoms with Gasteiger partial charge in [0.1, 0.15) is 16.4 Å². The Balaban J connectivity index is 2.01. The first-order valence-corrected chi connectivity index (χ1v) is 11.1. The van der Waals surface area contributed by atoms with E-state index in [2.05, 4.69) is 30.6 Å². The summed E-state index contributed by atoms with van der Waals surface area (Å²) >= 11 is 7.81. The summed E-state index contributed by atoms with van der Waals surface area (Å²) in [6.07, 6.45) is 0.00204. The largest absolute Gasteiger partial charge is 0.432 e. The second-order valence-electron chi connectivity index (χ2n) is 7.96. The van der Waals surface area contributed by atoms with E-state index in [4.69, 9.17) is 21.3 Å². The summed E-state index contributed by atoms with van der Waals surface area (Å²) in [4.78, 5) is 19.0.